The number of halogens is 1. The molecule has 0 N–H and O–H groups in total. The molecule has 1 aromatic carbocycles. The fraction of sp³-hybridized carbons (Fsp3) is 0.133. The highest BCUT2D eigenvalue weighted by Gasteiger charge is 2.36. The Hall–Kier alpha value is -2.40. The van der Waals surface area contributed by atoms with Crippen LogP contribution in [-0.2, 0) is 11.3 Å². The van der Waals surface area contributed by atoms with Crippen LogP contribution in [0.3, 0.4) is 0 Å². The number of ketones is 1. The molecule has 0 saturated heterocycles. The smallest absolute Gasteiger partial charge is 0.299 e. The molecule has 0 aliphatic carbocycles. The monoisotopic (exact) mass is 302 g/mol. The van der Waals surface area contributed by atoms with E-state index in [-0.39, 0.29) is 6.54 Å². The molecule has 0 fully saturated rings. The van der Waals surface area contributed by atoms with Crippen LogP contribution in [0.2, 0.25) is 5.02 Å². The van der Waals surface area contributed by atoms with E-state index >= 15 is 0 Å². The number of methoxy groups -OCH3 is 1. The summed E-state index contributed by atoms with van der Waals surface area (Å²) in [5, 5.41) is 0.427. The molecule has 1 aromatic heterocycles. The molecule has 1 aliphatic heterocycles. The third kappa shape index (κ3) is 2.25. The van der Waals surface area contributed by atoms with Crippen molar-refractivity contribution in [2.24, 2.45) is 0 Å². The van der Waals surface area contributed by atoms with E-state index < -0.39 is 11.7 Å². The average Bonchev–Trinajstić information content (AvgIpc) is 2.73. The summed E-state index contributed by atoms with van der Waals surface area (Å²) in [6, 6.07) is 8.39. The normalized spacial score (nSPS) is 13.5. The van der Waals surface area contributed by atoms with E-state index in [0.29, 0.717) is 22.2 Å². The van der Waals surface area contributed by atoms with E-state index in [9.17, 15) is 9.59 Å². The zero-order valence-corrected chi connectivity index (χ0v) is 11.9. The molecule has 0 atom stereocenters. The lowest BCUT2D eigenvalue weighted by atomic mass is 10.1. The second-order valence-corrected chi connectivity index (χ2v) is 4.99. The first kappa shape index (κ1) is 13.6. The van der Waals surface area contributed by atoms with Crippen LogP contribution in [-0.4, -0.2) is 23.8 Å². The Kier molecular flexibility index (Phi) is 3.35. The Bertz CT molecular complexity index is 745. The second-order valence-electron chi connectivity index (χ2n) is 4.55. The molecule has 2 heterocycles. The third-order valence-corrected chi connectivity index (χ3v) is 3.54. The summed E-state index contributed by atoms with van der Waals surface area (Å²) in [7, 11) is 1.51. The van der Waals surface area contributed by atoms with Crippen LogP contribution >= 0.6 is 11.6 Å². The maximum Gasteiger partial charge on any atom is 0.299 e. The van der Waals surface area contributed by atoms with Crippen molar-refractivity contribution in [2.45, 2.75) is 6.54 Å². The molecule has 0 unspecified atom stereocenters. The number of nitrogens with zero attached hydrogens (tertiary/aromatic N) is 2. The molecule has 0 saturated carbocycles. The number of fused-ring (bicyclic) bond motifs is 1. The van der Waals surface area contributed by atoms with Crippen LogP contribution in [0, 0.1) is 0 Å². The van der Waals surface area contributed by atoms with Crippen LogP contribution < -0.4 is 9.64 Å². The number of hydrogen-bond acceptors (Lipinski definition) is 4. The van der Waals surface area contributed by atoms with Gasteiger partial charge >= 0.3 is 0 Å². The van der Waals surface area contributed by atoms with Gasteiger partial charge in [-0.25, -0.2) is 4.98 Å². The molecule has 5 nitrogen and oxygen atoms in total. The van der Waals surface area contributed by atoms with E-state index in [0.717, 1.165) is 5.56 Å². The predicted octanol–water partition coefficient (Wildman–Crippen LogP) is 2.47. The first-order valence-corrected chi connectivity index (χ1v) is 6.63. The first-order chi connectivity index (χ1) is 10.1. The lowest BCUT2D eigenvalue weighted by Crippen LogP contribution is -2.29. The van der Waals surface area contributed by atoms with Gasteiger partial charge in [0.25, 0.3) is 11.7 Å². The number of carbonyl (C=O) groups is 2. The maximum atomic E-state index is 12.1. The molecular formula is C15H11ClN2O3. The highest BCUT2D eigenvalue weighted by atomic mass is 35.5. The molecule has 21 heavy (non-hydrogen) atoms. The minimum Gasteiger partial charge on any atom is -0.481 e. The van der Waals surface area contributed by atoms with Crippen molar-refractivity contribution < 1.29 is 14.3 Å². The summed E-state index contributed by atoms with van der Waals surface area (Å²) in [5.74, 6) is -0.686. The molecule has 1 amide bonds. The molecule has 2 aromatic rings. The van der Waals surface area contributed by atoms with Crippen LogP contribution in [0.25, 0.3) is 0 Å². The van der Waals surface area contributed by atoms with Crippen molar-refractivity contribution in [1.82, 2.24) is 4.98 Å². The molecule has 1 aliphatic rings. The Morgan fingerprint density at radius 2 is 2.10 bits per heavy atom. The number of aromatic nitrogens is 1. The van der Waals surface area contributed by atoms with Crippen molar-refractivity contribution >= 4 is 29.0 Å². The highest BCUT2D eigenvalue weighted by molar-refractivity contribution is 6.52. The molecule has 0 radical (unpaired) electrons. The Balaban J connectivity index is 2.01. The van der Waals surface area contributed by atoms with Gasteiger partial charge in [-0.1, -0.05) is 17.7 Å². The third-order valence-electron chi connectivity index (χ3n) is 3.31. The van der Waals surface area contributed by atoms with Crippen LogP contribution in [0.1, 0.15) is 15.9 Å². The summed E-state index contributed by atoms with van der Waals surface area (Å²) in [6.45, 7) is 0.218. The van der Waals surface area contributed by atoms with E-state index in [1.807, 2.05) is 0 Å². The number of benzene rings is 1. The Labute approximate surface area is 126 Å². The van der Waals surface area contributed by atoms with Crippen molar-refractivity contribution in [2.75, 3.05) is 12.0 Å². The van der Waals surface area contributed by atoms with E-state index in [2.05, 4.69) is 4.98 Å². The molecule has 0 spiro atoms. The van der Waals surface area contributed by atoms with Crippen molar-refractivity contribution in [3.8, 4) is 5.88 Å². The van der Waals surface area contributed by atoms with Crippen LogP contribution in [0.5, 0.6) is 5.88 Å². The fourth-order valence-electron chi connectivity index (χ4n) is 2.33. The standard InChI is InChI=1S/C15H11ClN2O3/c1-21-14-9(3-2-6-17-14)8-18-12-5-4-10(16)7-11(12)13(19)15(18)20/h2-7H,8H2,1H3. The van der Waals surface area contributed by atoms with Crippen molar-refractivity contribution in [3.63, 3.8) is 0 Å². The van der Waals surface area contributed by atoms with E-state index in [1.54, 1.807) is 30.5 Å². The van der Waals surface area contributed by atoms with E-state index in [4.69, 9.17) is 16.3 Å². The van der Waals surface area contributed by atoms with Crippen molar-refractivity contribution in [3.05, 3.63) is 52.7 Å². The number of amides is 1. The van der Waals surface area contributed by atoms with Crippen LogP contribution in [0.15, 0.2) is 36.5 Å². The number of Topliss-reactive ketones (excluding diaryl/α,β-unsaturated/α-hetero) is 1. The van der Waals surface area contributed by atoms with Crippen molar-refractivity contribution in [1.29, 1.82) is 0 Å². The highest BCUT2D eigenvalue weighted by Crippen LogP contribution is 2.33. The Morgan fingerprint density at radius 3 is 2.86 bits per heavy atom. The minimum absolute atomic E-state index is 0.218. The summed E-state index contributed by atoms with van der Waals surface area (Å²) >= 11 is 5.88. The molecule has 6 heteroatoms. The zero-order chi connectivity index (χ0) is 15.0. The summed E-state index contributed by atoms with van der Waals surface area (Å²) in [5.41, 5.74) is 1.61. The number of pyridine rings is 1. The number of ether oxygens (including phenoxy) is 1. The average molecular weight is 303 g/mol. The molecule has 106 valence electrons. The van der Waals surface area contributed by atoms with Crippen LogP contribution in [0.4, 0.5) is 5.69 Å². The molecule has 3 rings (SSSR count). The summed E-state index contributed by atoms with van der Waals surface area (Å²) in [6.07, 6.45) is 1.60. The number of anilines is 1. The minimum atomic E-state index is -0.571. The lowest BCUT2D eigenvalue weighted by molar-refractivity contribution is -0.114. The predicted molar refractivity (Wildman–Crippen MR) is 77.8 cm³/mol. The van der Waals surface area contributed by atoms with E-state index in [1.165, 1.54) is 18.1 Å². The van der Waals surface area contributed by atoms with Gasteiger partial charge in [0, 0.05) is 16.8 Å². The fourth-order valence-corrected chi connectivity index (χ4v) is 2.50. The molecular weight excluding hydrogens is 292 g/mol. The van der Waals surface area contributed by atoms with Gasteiger partial charge in [-0.3, -0.25) is 9.59 Å². The number of hydrogen-bond donors (Lipinski definition) is 0. The largest absolute Gasteiger partial charge is 0.481 e. The summed E-state index contributed by atoms with van der Waals surface area (Å²) in [4.78, 5) is 29.7. The SMILES string of the molecule is COc1ncccc1CN1C(=O)C(=O)c2cc(Cl)ccc21. The van der Waals surface area contributed by atoms with Gasteiger partial charge in [-0.2, -0.15) is 0 Å². The van der Waals surface area contributed by atoms with Gasteiger partial charge in [0.2, 0.25) is 5.88 Å². The topological polar surface area (TPSA) is 59.5 Å². The summed E-state index contributed by atoms with van der Waals surface area (Å²) < 4.78 is 5.17. The zero-order valence-electron chi connectivity index (χ0n) is 11.2. The lowest BCUT2D eigenvalue weighted by Gasteiger charge is -2.17. The Morgan fingerprint density at radius 1 is 1.29 bits per heavy atom. The quantitative estimate of drug-likeness (QED) is 0.817. The first-order valence-electron chi connectivity index (χ1n) is 6.25. The second kappa shape index (κ2) is 5.18. The maximum absolute atomic E-state index is 12.1. The molecule has 0 bridgehead atoms. The van der Waals surface area contributed by atoms with Gasteiger partial charge in [0.1, 0.15) is 0 Å². The van der Waals surface area contributed by atoms with Gasteiger partial charge in [-0.05, 0) is 24.3 Å². The van der Waals surface area contributed by atoms with Gasteiger partial charge in [0.15, 0.2) is 0 Å². The van der Waals surface area contributed by atoms with Gasteiger partial charge < -0.3 is 9.64 Å². The van der Waals surface area contributed by atoms with Gasteiger partial charge in [-0.15, -0.1) is 0 Å². The van der Waals surface area contributed by atoms with Gasteiger partial charge in [0.05, 0.1) is 24.9 Å². The number of carbonyl (C=O) groups excluding carboxylic acids is 2. The number of rotatable bonds is 3.